The zero-order valence-corrected chi connectivity index (χ0v) is 17.3. The highest BCUT2D eigenvalue weighted by Crippen LogP contribution is 2.33. The third-order valence-corrected chi connectivity index (χ3v) is 5.83. The zero-order chi connectivity index (χ0) is 21.1. The molecule has 1 heterocycles. The van der Waals surface area contributed by atoms with E-state index < -0.39 is 5.97 Å². The molecule has 4 rings (SSSR count). The van der Waals surface area contributed by atoms with Crippen molar-refractivity contribution in [3.8, 4) is 0 Å². The van der Waals surface area contributed by atoms with Gasteiger partial charge in [0.2, 0.25) is 5.91 Å². The summed E-state index contributed by atoms with van der Waals surface area (Å²) in [4.78, 5) is 28.8. The van der Waals surface area contributed by atoms with Gasteiger partial charge in [-0.25, -0.2) is 4.79 Å². The monoisotopic (exact) mass is 402 g/mol. The molecule has 0 fully saturated rings. The van der Waals surface area contributed by atoms with Gasteiger partial charge in [-0.05, 0) is 49.8 Å². The van der Waals surface area contributed by atoms with Crippen LogP contribution in [0.3, 0.4) is 0 Å². The fraction of sp³-hybridized carbons (Fsp3) is 0.280. The molecule has 0 saturated heterocycles. The molecule has 0 unspecified atom stereocenters. The highest BCUT2D eigenvalue weighted by atomic mass is 16.5. The number of aromatic amines is 1. The van der Waals surface area contributed by atoms with Gasteiger partial charge < -0.3 is 15.0 Å². The number of hydrogen-bond acceptors (Lipinski definition) is 3. The normalized spacial score (nSPS) is 18.3. The van der Waals surface area contributed by atoms with E-state index in [4.69, 9.17) is 4.74 Å². The van der Waals surface area contributed by atoms with Crippen molar-refractivity contribution in [3.05, 3.63) is 77.5 Å². The third-order valence-electron chi connectivity index (χ3n) is 5.83. The lowest BCUT2D eigenvalue weighted by Gasteiger charge is -2.28. The van der Waals surface area contributed by atoms with Crippen molar-refractivity contribution in [2.45, 2.75) is 26.2 Å². The predicted molar refractivity (Wildman–Crippen MR) is 119 cm³/mol. The molecule has 154 valence electrons. The smallest absolute Gasteiger partial charge is 0.356 e. The first-order valence-corrected chi connectivity index (χ1v) is 10.3. The standard InChI is InChI=1S/C25H26N2O3/c1-16-12-13-21-20(14-16)22(23(26-21)25(29)30-2)27-24(28)19-11-7-6-10-18(19)15-17-8-4-3-5-9-17/h3-9,12-14,18-19,26H,10-11,15H2,1-2H3,(H,27,28)/t18-,19-/m0/s1. The molecule has 2 aromatic carbocycles. The van der Waals surface area contributed by atoms with E-state index in [0.29, 0.717) is 12.1 Å². The number of methoxy groups -OCH3 is 1. The quantitative estimate of drug-likeness (QED) is 0.465. The molecule has 2 N–H and O–H groups in total. The fourth-order valence-corrected chi connectivity index (χ4v) is 4.24. The first-order chi connectivity index (χ1) is 14.6. The Morgan fingerprint density at radius 2 is 1.87 bits per heavy atom. The van der Waals surface area contributed by atoms with Gasteiger partial charge in [0.1, 0.15) is 5.69 Å². The fourth-order valence-electron chi connectivity index (χ4n) is 4.24. The molecule has 1 amide bonds. The first-order valence-electron chi connectivity index (χ1n) is 10.3. The summed E-state index contributed by atoms with van der Waals surface area (Å²) in [5.41, 5.74) is 3.85. The minimum Gasteiger partial charge on any atom is -0.464 e. The van der Waals surface area contributed by atoms with Crippen LogP contribution in [0.2, 0.25) is 0 Å². The Hall–Kier alpha value is -3.34. The van der Waals surface area contributed by atoms with Crippen molar-refractivity contribution in [2.75, 3.05) is 12.4 Å². The summed E-state index contributed by atoms with van der Waals surface area (Å²) in [6, 6.07) is 16.1. The number of aryl methyl sites for hydroxylation is 1. The van der Waals surface area contributed by atoms with Crippen LogP contribution in [0, 0.1) is 18.8 Å². The van der Waals surface area contributed by atoms with Crippen molar-refractivity contribution < 1.29 is 14.3 Å². The summed E-state index contributed by atoms with van der Waals surface area (Å²) >= 11 is 0. The van der Waals surface area contributed by atoms with Gasteiger partial charge in [-0.2, -0.15) is 0 Å². The third kappa shape index (κ3) is 4.01. The van der Waals surface area contributed by atoms with E-state index in [9.17, 15) is 9.59 Å². The van der Waals surface area contributed by atoms with Crippen LogP contribution < -0.4 is 5.32 Å². The van der Waals surface area contributed by atoms with Gasteiger partial charge in [0.25, 0.3) is 0 Å². The maximum absolute atomic E-state index is 13.3. The van der Waals surface area contributed by atoms with E-state index >= 15 is 0 Å². The summed E-state index contributed by atoms with van der Waals surface area (Å²) in [5.74, 6) is -0.502. The van der Waals surface area contributed by atoms with Crippen LogP contribution in [0.1, 0.15) is 34.5 Å². The van der Waals surface area contributed by atoms with Gasteiger partial charge in [-0.15, -0.1) is 0 Å². The topological polar surface area (TPSA) is 71.2 Å². The minimum atomic E-state index is -0.497. The van der Waals surface area contributed by atoms with Crippen LogP contribution in [0.15, 0.2) is 60.7 Å². The van der Waals surface area contributed by atoms with Gasteiger partial charge >= 0.3 is 5.97 Å². The maximum atomic E-state index is 13.3. The van der Waals surface area contributed by atoms with Crippen molar-refractivity contribution in [1.82, 2.24) is 4.98 Å². The van der Waals surface area contributed by atoms with E-state index in [0.717, 1.165) is 29.3 Å². The van der Waals surface area contributed by atoms with Crippen LogP contribution in [0.5, 0.6) is 0 Å². The number of benzene rings is 2. The number of fused-ring (bicyclic) bond motifs is 1. The van der Waals surface area contributed by atoms with Crippen LogP contribution >= 0.6 is 0 Å². The molecule has 3 aromatic rings. The van der Waals surface area contributed by atoms with Crippen LogP contribution in [0.25, 0.3) is 10.9 Å². The molecule has 0 aliphatic heterocycles. The largest absolute Gasteiger partial charge is 0.464 e. The Morgan fingerprint density at radius 1 is 1.10 bits per heavy atom. The van der Waals surface area contributed by atoms with Crippen LogP contribution in [-0.2, 0) is 16.0 Å². The average molecular weight is 402 g/mol. The van der Waals surface area contributed by atoms with Crippen molar-refractivity contribution in [1.29, 1.82) is 0 Å². The Bertz CT molecular complexity index is 1100. The first kappa shape index (κ1) is 20.0. The number of H-pyrrole nitrogens is 1. The van der Waals surface area contributed by atoms with Gasteiger partial charge in [0.05, 0.1) is 12.8 Å². The Balaban J connectivity index is 1.63. The SMILES string of the molecule is COC(=O)c1[nH]c2ccc(C)cc2c1NC(=O)[C@H]1CC=CC[C@H]1Cc1ccccc1. The number of carbonyl (C=O) groups is 2. The van der Waals surface area contributed by atoms with Gasteiger partial charge in [-0.3, -0.25) is 4.79 Å². The van der Waals surface area contributed by atoms with Gasteiger partial charge in [0.15, 0.2) is 0 Å². The number of nitrogens with one attached hydrogen (secondary N) is 2. The summed E-state index contributed by atoms with van der Waals surface area (Å²) < 4.78 is 4.93. The number of amides is 1. The molecule has 1 aromatic heterocycles. The lowest BCUT2D eigenvalue weighted by atomic mass is 9.78. The van der Waals surface area contributed by atoms with Crippen molar-refractivity contribution in [2.24, 2.45) is 11.8 Å². The lowest BCUT2D eigenvalue weighted by molar-refractivity contribution is -0.121. The second-order valence-electron chi connectivity index (χ2n) is 7.90. The summed E-state index contributed by atoms with van der Waals surface area (Å²) in [6.07, 6.45) is 6.64. The molecule has 2 atom stereocenters. The van der Waals surface area contributed by atoms with E-state index in [1.807, 2.05) is 43.3 Å². The number of hydrogen-bond donors (Lipinski definition) is 2. The zero-order valence-electron chi connectivity index (χ0n) is 17.3. The number of anilines is 1. The maximum Gasteiger partial charge on any atom is 0.356 e. The molecule has 0 spiro atoms. The number of esters is 1. The lowest BCUT2D eigenvalue weighted by Crippen LogP contribution is -2.32. The molecule has 5 heteroatoms. The molecule has 0 saturated carbocycles. The number of carbonyl (C=O) groups excluding carboxylic acids is 2. The number of ether oxygens (including phenoxy) is 1. The predicted octanol–water partition coefficient (Wildman–Crippen LogP) is 5.03. The molecule has 0 bridgehead atoms. The van der Waals surface area contributed by atoms with E-state index in [2.05, 4.69) is 34.6 Å². The second-order valence-corrected chi connectivity index (χ2v) is 7.90. The van der Waals surface area contributed by atoms with Crippen molar-refractivity contribution >= 4 is 28.5 Å². The van der Waals surface area contributed by atoms with Crippen molar-refractivity contribution in [3.63, 3.8) is 0 Å². The van der Waals surface area contributed by atoms with Crippen LogP contribution in [0.4, 0.5) is 5.69 Å². The number of rotatable bonds is 5. The summed E-state index contributed by atoms with van der Waals surface area (Å²) in [6.45, 7) is 1.98. The second kappa shape index (κ2) is 8.57. The molecule has 1 aliphatic rings. The molecule has 30 heavy (non-hydrogen) atoms. The highest BCUT2D eigenvalue weighted by molar-refractivity contribution is 6.11. The molecular weight excluding hydrogens is 376 g/mol. The van der Waals surface area contributed by atoms with Gasteiger partial charge in [0, 0.05) is 16.8 Å². The van der Waals surface area contributed by atoms with Gasteiger partial charge in [-0.1, -0.05) is 54.1 Å². The molecular formula is C25H26N2O3. The number of allylic oxidation sites excluding steroid dienone is 2. The van der Waals surface area contributed by atoms with Crippen LogP contribution in [-0.4, -0.2) is 24.0 Å². The Morgan fingerprint density at radius 3 is 2.63 bits per heavy atom. The summed E-state index contributed by atoms with van der Waals surface area (Å²) in [7, 11) is 1.34. The average Bonchev–Trinajstić information content (AvgIpc) is 3.11. The molecule has 1 aliphatic carbocycles. The summed E-state index contributed by atoms with van der Waals surface area (Å²) in [5, 5.41) is 3.87. The van der Waals surface area contributed by atoms with E-state index in [1.165, 1.54) is 12.7 Å². The minimum absolute atomic E-state index is 0.0622. The molecule has 5 nitrogen and oxygen atoms in total. The Labute approximate surface area is 176 Å². The highest BCUT2D eigenvalue weighted by Gasteiger charge is 2.31. The van der Waals surface area contributed by atoms with E-state index in [-0.39, 0.29) is 23.4 Å². The number of aromatic nitrogens is 1. The molecule has 0 radical (unpaired) electrons. The Kier molecular flexibility index (Phi) is 5.70. The van der Waals surface area contributed by atoms with E-state index in [1.54, 1.807) is 0 Å².